The minimum absolute atomic E-state index is 0.130. The fourth-order valence-electron chi connectivity index (χ4n) is 2.31. The highest BCUT2D eigenvalue weighted by molar-refractivity contribution is 5.77. The molecular formula is C17H15N3O. The second-order valence-corrected chi connectivity index (χ2v) is 4.90. The van der Waals surface area contributed by atoms with E-state index in [2.05, 4.69) is 4.98 Å². The second-order valence-electron chi connectivity index (χ2n) is 4.90. The first kappa shape index (κ1) is 13.1. The van der Waals surface area contributed by atoms with Gasteiger partial charge in [-0.15, -0.1) is 0 Å². The van der Waals surface area contributed by atoms with Crippen LogP contribution in [-0.2, 0) is 0 Å². The molecule has 0 saturated carbocycles. The fraction of sp³-hybridized carbons (Fsp3) is 0.0588. The van der Waals surface area contributed by atoms with Gasteiger partial charge in [0.1, 0.15) is 0 Å². The maximum absolute atomic E-state index is 11.2. The van der Waals surface area contributed by atoms with Crippen LogP contribution in [-0.4, -0.2) is 9.97 Å². The minimum atomic E-state index is -0.130. The standard InChI is InChI=1S/C17H15N3O/c1-11-9-14(18)17(12-5-3-2-4-6-12)20-16(11)13-7-8-15(21)19-10-13/h2-10H,18H2,1H3,(H,19,21). The van der Waals surface area contributed by atoms with Gasteiger partial charge in [-0.3, -0.25) is 4.79 Å². The summed E-state index contributed by atoms with van der Waals surface area (Å²) in [7, 11) is 0. The highest BCUT2D eigenvalue weighted by Crippen LogP contribution is 2.29. The Morgan fingerprint density at radius 3 is 2.43 bits per heavy atom. The van der Waals surface area contributed by atoms with Crippen LogP contribution in [0.25, 0.3) is 22.5 Å². The van der Waals surface area contributed by atoms with Gasteiger partial charge in [-0.2, -0.15) is 0 Å². The summed E-state index contributed by atoms with van der Waals surface area (Å²) in [6.45, 7) is 1.96. The first-order chi connectivity index (χ1) is 10.1. The summed E-state index contributed by atoms with van der Waals surface area (Å²) >= 11 is 0. The van der Waals surface area contributed by atoms with E-state index in [9.17, 15) is 4.79 Å². The molecule has 2 aromatic heterocycles. The van der Waals surface area contributed by atoms with Gasteiger partial charge in [0.25, 0.3) is 0 Å². The van der Waals surface area contributed by atoms with E-state index in [0.29, 0.717) is 5.69 Å². The molecule has 0 atom stereocenters. The number of anilines is 1. The van der Waals surface area contributed by atoms with Gasteiger partial charge in [-0.05, 0) is 24.6 Å². The number of aromatic nitrogens is 2. The Morgan fingerprint density at radius 1 is 1.00 bits per heavy atom. The van der Waals surface area contributed by atoms with Crippen molar-refractivity contribution in [2.75, 3.05) is 5.73 Å². The minimum Gasteiger partial charge on any atom is -0.397 e. The third-order valence-electron chi connectivity index (χ3n) is 3.35. The molecule has 4 heteroatoms. The molecule has 0 fully saturated rings. The third-order valence-corrected chi connectivity index (χ3v) is 3.35. The molecule has 4 nitrogen and oxygen atoms in total. The van der Waals surface area contributed by atoms with Crippen LogP contribution in [0.5, 0.6) is 0 Å². The first-order valence-corrected chi connectivity index (χ1v) is 6.67. The Morgan fingerprint density at radius 2 is 1.76 bits per heavy atom. The van der Waals surface area contributed by atoms with Crippen molar-refractivity contribution in [1.82, 2.24) is 9.97 Å². The van der Waals surface area contributed by atoms with Crippen molar-refractivity contribution >= 4 is 5.69 Å². The number of pyridine rings is 2. The van der Waals surface area contributed by atoms with E-state index in [0.717, 1.165) is 28.1 Å². The SMILES string of the molecule is Cc1cc(N)c(-c2ccccc2)nc1-c1ccc(=O)[nH]c1. The van der Waals surface area contributed by atoms with Gasteiger partial charge in [0.2, 0.25) is 5.56 Å². The highest BCUT2D eigenvalue weighted by atomic mass is 16.1. The molecule has 0 unspecified atom stereocenters. The number of nitrogens with zero attached hydrogens (tertiary/aromatic N) is 1. The van der Waals surface area contributed by atoms with E-state index < -0.39 is 0 Å². The summed E-state index contributed by atoms with van der Waals surface area (Å²) in [5.41, 5.74) is 11.0. The molecule has 104 valence electrons. The summed E-state index contributed by atoms with van der Waals surface area (Å²) in [6.07, 6.45) is 1.67. The second kappa shape index (κ2) is 5.25. The van der Waals surface area contributed by atoms with Gasteiger partial charge < -0.3 is 10.7 Å². The maximum atomic E-state index is 11.2. The molecule has 0 amide bonds. The van der Waals surface area contributed by atoms with Crippen molar-refractivity contribution in [2.24, 2.45) is 0 Å². The molecule has 21 heavy (non-hydrogen) atoms. The third kappa shape index (κ3) is 2.56. The predicted octanol–water partition coefficient (Wildman–Crippen LogP) is 2.99. The number of nitrogens with one attached hydrogen (secondary N) is 1. The summed E-state index contributed by atoms with van der Waals surface area (Å²) in [5.74, 6) is 0. The average molecular weight is 277 g/mol. The van der Waals surface area contributed by atoms with Gasteiger partial charge >= 0.3 is 0 Å². The number of H-pyrrole nitrogens is 1. The number of hydrogen-bond donors (Lipinski definition) is 2. The molecule has 0 radical (unpaired) electrons. The number of nitrogen functional groups attached to an aromatic ring is 1. The molecule has 0 spiro atoms. The van der Waals surface area contributed by atoms with E-state index in [1.807, 2.05) is 43.3 Å². The zero-order valence-electron chi connectivity index (χ0n) is 11.6. The van der Waals surface area contributed by atoms with E-state index in [-0.39, 0.29) is 5.56 Å². The van der Waals surface area contributed by atoms with Crippen LogP contribution in [0.4, 0.5) is 5.69 Å². The zero-order chi connectivity index (χ0) is 14.8. The Bertz CT molecular complexity index is 818. The van der Waals surface area contributed by atoms with Crippen LogP contribution < -0.4 is 11.3 Å². The van der Waals surface area contributed by atoms with Crippen LogP contribution in [0, 0.1) is 6.92 Å². The van der Waals surface area contributed by atoms with E-state index >= 15 is 0 Å². The lowest BCUT2D eigenvalue weighted by atomic mass is 10.0. The molecule has 0 aliphatic rings. The molecule has 0 aliphatic carbocycles. The van der Waals surface area contributed by atoms with E-state index in [4.69, 9.17) is 10.7 Å². The Kier molecular flexibility index (Phi) is 3.28. The number of hydrogen-bond acceptors (Lipinski definition) is 3. The largest absolute Gasteiger partial charge is 0.397 e. The molecule has 3 aromatic rings. The van der Waals surface area contributed by atoms with Crippen molar-refractivity contribution in [2.45, 2.75) is 6.92 Å². The Labute approximate surface area is 122 Å². The van der Waals surface area contributed by atoms with Crippen LogP contribution >= 0.6 is 0 Å². The van der Waals surface area contributed by atoms with Crippen molar-refractivity contribution in [1.29, 1.82) is 0 Å². The zero-order valence-corrected chi connectivity index (χ0v) is 11.6. The molecule has 2 heterocycles. The summed E-state index contributed by atoms with van der Waals surface area (Å²) in [6, 6.07) is 15.0. The van der Waals surface area contributed by atoms with Gasteiger partial charge in [0.15, 0.2) is 0 Å². The first-order valence-electron chi connectivity index (χ1n) is 6.67. The van der Waals surface area contributed by atoms with Gasteiger partial charge in [0.05, 0.1) is 17.1 Å². The summed E-state index contributed by atoms with van der Waals surface area (Å²) < 4.78 is 0. The monoisotopic (exact) mass is 277 g/mol. The molecule has 3 N–H and O–H groups in total. The number of benzene rings is 1. The van der Waals surface area contributed by atoms with Gasteiger partial charge in [-0.1, -0.05) is 30.3 Å². The van der Waals surface area contributed by atoms with Crippen LogP contribution in [0.2, 0.25) is 0 Å². The summed E-state index contributed by atoms with van der Waals surface area (Å²) in [5, 5.41) is 0. The van der Waals surface area contributed by atoms with Gasteiger partial charge in [-0.25, -0.2) is 4.98 Å². The topological polar surface area (TPSA) is 71.8 Å². The highest BCUT2D eigenvalue weighted by Gasteiger charge is 2.10. The van der Waals surface area contributed by atoms with Crippen molar-refractivity contribution < 1.29 is 0 Å². The number of aromatic amines is 1. The van der Waals surface area contributed by atoms with Crippen molar-refractivity contribution in [3.8, 4) is 22.5 Å². The lowest BCUT2D eigenvalue weighted by Crippen LogP contribution is -2.03. The fourth-order valence-corrected chi connectivity index (χ4v) is 2.31. The maximum Gasteiger partial charge on any atom is 0.247 e. The summed E-state index contributed by atoms with van der Waals surface area (Å²) in [4.78, 5) is 18.6. The number of aryl methyl sites for hydroxylation is 1. The molecule has 0 bridgehead atoms. The Balaban J connectivity index is 2.18. The molecule has 1 aromatic carbocycles. The smallest absolute Gasteiger partial charge is 0.247 e. The van der Waals surface area contributed by atoms with Gasteiger partial charge in [0, 0.05) is 23.4 Å². The van der Waals surface area contributed by atoms with E-state index in [1.165, 1.54) is 6.07 Å². The Hall–Kier alpha value is -2.88. The number of rotatable bonds is 2. The van der Waals surface area contributed by atoms with Crippen LogP contribution in [0.15, 0.2) is 59.5 Å². The van der Waals surface area contributed by atoms with Crippen LogP contribution in [0.1, 0.15) is 5.56 Å². The number of nitrogens with two attached hydrogens (primary N) is 1. The lowest BCUT2D eigenvalue weighted by Gasteiger charge is -2.11. The van der Waals surface area contributed by atoms with Crippen molar-refractivity contribution in [3.05, 3.63) is 70.6 Å². The molecular weight excluding hydrogens is 262 g/mol. The van der Waals surface area contributed by atoms with E-state index in [1.54, 1.807) is 12.3 Å². The normalized spacial score (nSPS) is 10.5. The average Bonchev–Trinajstić information content (AvgIpc) is 2.49. The molecule has 0 aliphatic heterocycles. The lowest BCUT2D eigenvalue weighted by molar-refractivity contribution is 1.21. The van der Waals surface area contributed by atoms with Crippen LogP contribution in [0.3, 0.4) is 0 Å². The molecule has 0 saturated heterocycles. The predicted molar refractivity (Wildman–Crippen MR) is 84.9 cm³/mol. The molecule has 3 rings (SSSR count). The van der Waals surface area contributed by atoms with Crippen molar-refractivity contribution in [3.63, 3.8) is 0 Å². The quantitative estimate of drug-likeness (QED) is 0.756.